The molecular formula is C10H10Cl2N4O2. The highest BCUT2D eigenvalue weighted by molar-refractivity contribution is 6.41. The van der Waals surface area contributed by atoms with Gasteiger partial charge in [-0.05, 0) is 19.1 Å². The number of aromatic nitrogens is 2. The molecule has 2 aromatic rings. The van der Waals surface area contributed by atoms with Crippen molar-refractivity contribution in [3.8, 4) is 0 Å². The molecule has 0 aliphatic carbocycles. The molecule has 2 rings (SSSR count). The van der Waals surface area contributed by atoms with Crippen LogP contribution in [0.5, 0.6) is 0 Å². The van der Waals surface area contributed by atoms with Crippen molar-refractivity contribution in [3.05, 3.63) is 22.2 Å². The van der Waals surface area contributed by atoms with Crippen LogP contribution >= 0.6 is 23.2 Å². The minimum Gasteiger partial charge on any atom is -0.448 e. The summed E-state index contributed by atoms with van der Waals surface area (Å²) in [6.07, 6.45) is -0.720. The monoisotopic (exact) mass is 288 g/mol. The average Bonchev–Trinajstić information content (AvgIpc) is 2.79. The smallest absolute Gasteiger partial charge is 0.430 e. The SMILES string of the molecule is CCOC(=O)N(N)c1n[nH]c2c(Cl)ccc(Cl)c12. The number of nitrogens with zero attached hydrogens (tertiary/aromatic N) is 2. The van der Waals surface area contributed by atoms with E-state index in [0.717, 1.165) is 5.01 Å². The van der Waals surface area contributed by atoms with Crippen LogP contribution in [0.15, 0.2) is 12.1 Å². The van der Waals surface area contributed by atoms with Crippen molar-refractivity contribution in [3.63, 3.8) is 0 Å². The third-order valence-electron chi connectivity index (χ3n) is 2.29. The van der Waals surface area contributed by atoms with Gasteiger partial charge in [0.05, 0.1) is 27.6 Å². The van der Waals surface area contributed by atoms with E-state index in [4.69, 9.17) is 33.8 Å². The van der Waals surface area contributed by atoms with Crippen LogP contribution in [-0.2, 0) is 4.74 Å². The zero-order valence-corrected chi connectivity index (χ0v) is 10.9. The molecule has 0 unspecified atom stereocenters. The average molecular weight is 289 g/mol. The molecule has 1 amide bonds. The molecule has 1 heterocycles. The summed E-state index contributed by atoms with van der Waals surface area (Å²) in [5.74, 6) is 5.79. The fourth-order valence-electron chi connectivity index (χ4n) is 1.50. The number of carbonyl (C=O) groups is 1. The van der Waals surface area contributed by atoms with Crippen molar-refractivity contribution >= 4 is 46.0 Å². The van der Waals surface area contributed by atoms with Gasteiger partial charge in [0.15, 0.2) is 5.82 Å². The molecule has 0 saturated carbocycles. The molecule has 6 nitrogen and oxygen atoms in total. The predicted molar refractivity (Wildman–Crippen MR) is 69.8 cm³/mol. The fraction of sp³-hybridized carbons (Fsp3) is 0.200. The number of nitrogens with two attached hydrogens (primary N) is 1. The Balaban J connectivity index is 2.52. The van der Waals surface area contributed by atoms with E-state index < -0.39 is 6.09 Å². The van der Waals surface area contributed by atoms with Crippen molar-refractivity contribution in [2.45, 2.75) is 6.92 Å². The molecule has 1 aromatic carbocycles. The molecule has 18 heavy (non-hydrogen) atoms. The van der Waals surface area contributed by atoms with Crippen molar-refractivity contribution in [2.24, 2.45) is 5.84 Å². The molecule has 0 saturated heterocycles. The summed E-state index contributed by atoms with van der Waals surface area (Å²) in [6.45, 7) is 1.89. The highest BCUT2D eigenvalue weighted by atomic mass is 35.5. The molecule has 96 valence electrons. The van der Waals surface area contributed by atoms with Crippen LogP contribution in [0, 0.1) is 0 Å². The molecule has 0 atom stereocenters. The first-order valence-electron chi connectivity index (χ1n) is 5.10. The Kier molecular flexibility index (Phi) is 3.60. The van der Waals surface area contributed by atoms with E-state index in [1.165, 1.54) is 0 Å². The van der Waals surface area contributed by atoms with Crippen molar-refractivity contribution in [2.75, 3.05) is 11.6 Å². The summed E-state index contributed by atoms with van der Waals surface area (Å²) < 4.78 is 4.78. The summed E-state index contributed by atoms with van der Waals surface area (Å²) in [5, 5.41) is 8.68. The lowest BCUT2D eigenvalue weighted by Crippen LogP contribution is -2.38. The molecule has 0 aliphatic heterocycles. The number of benzene rings is 1. The number of hydrogen-bond acceptors (Lipinski definition) is 4. The van der Waals surface area contributed by atoms with E-state index in [1.54, 1.807) is 19.1 Å². The van der Waals surface area contributed by atoms with Gasteiger partial charge in [0.25, 0.3) is 0 Å². The molecule has 1 aromatic heterocycles. The van der Waals surface area contributed by atoms with Crippen LogP contribution in [0.25, 0.3) is 10.9 Å². The predicted octanol–water partition coefficient (Wildman–Crippen LogP) is 2.71. The number of fused-ring (bicyclic) bond motifs is 1. The van der Waals surface area contributed by atoms with Crippen molar-refractivity contribution < 1.29 is 9.53 Å². The minimum atomic E-state index is -0.720. The van der Waals surface area contributed by atoms with Gasteiger partial charge in [0.2, 0.25) is 0 Å². The number of ether oxygens (including phenoxy) is 1. The molecule has 0 spiro atoms. The van der Waals surface area contributed by atoms with Crippen LogP contribution in [0.3, 0.4) is 0 Å². The third kappa shape index (κ3) is 2.10. The maximum absolute atomic E-state index is 11.5. The highest BCUT2D eigenvalue weighted by Crippen LogP contribution is 2.34. The maximum Gasteiger partial charge on any atom is 0.430 e. The minimum absolute atomic E-state index is 0.163. The van der Waals surface area contributed by atoms with Gasteiger partial charge >= 0.3 is 6.09 Å². The van der Waals surface area contributed by atoms with E-state index in [1.807, 2.05) is 0 Å². The number of halogens is 2. The number of H-pyrrole nitrogens is 1. The lowest BCUT2D eigenvalue weighted by molar-refractivity contribution is 0.159. The number of hydrazine groups is 1. The molecule has 8 heteroatoms. The number of rotatable bonds is 2. The van der Waals surface area contributed by atoms with Crippen LogP contribution in [0.2, 0.25) is 10.0 Å². The summed E-state index contributed by atoms with van der Waals surface area (Å²) in [5.41, 5.74) is 0.513. The lowest BCUT2D eigenvalue weighted by Gasteiger charge is -2.13. The summed E-state index contributed by atoms with van der Waals surface area (Å²) in [6, 6.07) is 3.23. The van der Waals surface area contributed by atoms with Crippen LogP contribution in [0.1, 0.15) is 6.92 Å². The van der Waals surface area contributed by atoms with Gasteiger partial charge in [-0.3, -0.25) is 5.10 Å². The van der Waals surface area contributed by atoms with Gasteiger partial charge in [-0.1, -0.05) is 23.2 Å². The standard InChI is InChI=1S/C10H10Cl2N4O2/c1-2-18-10(17)16(13)9-7-5(11)3-4-6(12)8(7)14-15-9/h3-4H,2,13H2,1H3,(H,14,15). The second-order valence-electron chi connectivity index (χ2n) is 3.40. The van der Waals surface area contributed by atoms with Gasteiger partial charge in [-0.25, -0.2) is 10.6 Å². The zero-order valence-electron chi connectivity index (χ0n) is 9.41. The van der Waals surface area contributed by atoms with Gasteiger partial charge < -0.3 is 4.74 Å². The maximum atomic E-state index is 11.5. The Morgan fingerprint density at radius 2 is 2.17 bits per heavy atom. The number of aromatic amines is 1. The van der Waals surface area contributed by atoms with Gasteiger partial charge in [-0.2, -0.15) is 10.1 Å². The Morgan fingerprint density at radius 1 is 1.50 bits per heavy atom. The first-order chi connectivity index (χ1) is 8.56. The highest BCUT2D eigenvalue weighted by Gasteiger charge is 2.21. The number of hydrogen-bond donors (Lipinski definition) is 2. The molecule has 0 aliphatic rings. The Morgan fingerprint density at radius 3 is 2.83 bits per heavy atom. The number of carbonyl (C=O) groups excluding carboxylic acids is 1. The van der Waals surface area contributed by atoms with Crippen LogP contribution in [0.4, 0.5) is 10.6 Å². The number of nitrogens with one attached hydrogen (secondary N) is 1. The van der Waals surface area contributed by atoms with Gasteiger partial charge in [0.1, 0.15) is 0 Å². The molecule has 3 N–H and O–H groups in total. The number of amides is 1. The Labute approximate surface area is 113 Å². The summed E-state index contributed by atoms with van der Waals surface area (Å²) >= 11 is 12.0. The molecule has 0 bridgehead atoms. The Bertz CT molecular complexity index is 599. The normalized spacial score (nSPS) is 10.7. The van der Waals surface area contributed by atoms with Gasteiger partial charge in [-0.15, -0.1) is 0 Å². The molecule has 0 fully saturated rings. The van der Waals surface area contributed by atoms with Crippen molar-refractivity contribution in [1.29, 1.82) is 0 Å². The summed E-state index contributed by atoms with van der Waals surface area (Å²) in [4.78, 5) is 11.5. The molecular weight excluding hydrogens is 279 g/mol. The second kappa shape index (κ2) is 5.01. The van der Waals surface area contributed by atoms with Crippen LogP contribution < -0.4 is 10.9 Å². The largest absolute Gasteiger partial charge is 0.448 e. The number of anilines is 1. The second-order valence-corrected chi connectivity index (χ2v) is 4.21. The van der Waals surface area contributed by atoms with E-state index >= 15 is 0 Å². The van der Waals surface area contributed by atoms with Gasteiger partial charge in [0, 0.05) is 0 Å². The van der Waals surface area contributed by atoms with E-state index in [9.17, 15) is 4.79 Å². The quantitative estimate of drug-likeness (QED) is 0.505. The van der Waals surface area contributed by atoms with Crippen LogP contribution in [-0.4, -0.2) is 22.9 Å². The third-order valence-corrected chi connectivity index (χ3v) is 2.92. The van der Waals surface area contributed by atoms with E-state index in [-0.39, 0.29) is 12.4 Å². The lowest BCUT2D eigenvalue weighted by atomic mass is 10.2. The zero-order chi connectivity index (χ0) is 13.3. The van der Waals surface area contributed by atoms with E-state index in [2.05, 4.69) is 10.2 Å². The van der Waals surface area contributed by atoms with E-state index in [0.29, 0.717) is 20.9 Å². The Hall–Kier alpha value is -1.50. The first-order valence-corrected chi connectivity index (χ1v) is 5.85. The first kappa shape index (κ1) is 12.9. The van der Waals surface area contributed by atoms with Crippen molar-refractivity contribution in [1.82, 2.24) is 10.2 Å². The topological polar surface area (TPSA) is 84.2 Å². The fourth-order valence-corrected chi connectivity index (χ4v) is 1.94. The summed E-state index contributed by atoms with van der Waals surface area (Å²) in [7, 11) is 0. The molecule has 0 radical (unpaired) electrons.